The van der Waals surface area contributed by atoms with E-state index in [9.17, 15) is 22.4 Å². The van der Waals surface area contributed by atoms with Crippen molar-refractivity contribution in [2.45, 2.75) is 38.1 Å². The molecule has 0 spiro atoms. The highest BCUT2D eigenvalue weighted by molar-refractivity contribution is 7.89. The number of amides is 3. The van der Waals surface area contributed by atoms with Gasteiger partial charge in [0.15, 0.2) is 11.6 Å². The van der Waals surface area contributed by atoms with E-state index < -0.39 is 27.9 Å². The number of hydrogen-bond donors (Lipinski definition) is 2. The van der Waals surface area contributed by atoms with Gasteiger partial charge in [-0.25, -0.2) is 22.3 Å². The van der Waals surface area contributed by atoms with Crippen LogP contribution >= 0.6 is 0 Å². The number of ether oxygens (including phenoxy) is 2. The Hall–Kier alpha value is -2.24. The number of unbranched alkanes of at least 4 members (excludes halogenated alkanes) is 2. The maximum atomic E-state index is 14.2. The van der Waals surface area contributed by atoms with Crippen molar-refractivity contribution in [3.63, 3.8) is 0 Å². The second kappa shape index (κ2) is 10.4. The van der Waals surface area contributed by atoms with Gasteiger partial charge in [0.2, 0.25) is 15.9 Å². The van der Waals surface area contributed by atoms with Crippen molar-refractivity contribution < 1.29 is 31.9 Å². The van der Waals surface area contributed by atoms with Gasteiger partial charge in [-0.2, -0.15) is 0 Å². The number of urea groups is 1. The molecule has 3 aliphatic rings. The Labute approximate surface area is 193 Å². The number of sulfonamides is 1. The Balaban J connectivity index is 1.30. The Kier molecular flexibility index (Phi) is 7.50. The molecule has 1 atom stereocenters. The molecule has 33 heavy (non-hydrogen) atoms. The summed E-state index contributed by atoms with van der Waals surface area (Å²) in [6.07, 6.45) is 3.81. The number of nitrogens with one attached hydrogen (secondary N) is 2. The number of halogens is 1. The molecular formula is C22H30FN3O6S. The Bertz CT molecular complexity index is 980. The molecule has 0 bridgehead atoms. The van der Waals surface area contributed by atoms with Gasteiger partial charge in [0.25, 0.3) is 0 Å². The van der Waals surface area contributed by atoms with Crippen molar-refractivity contribution in [3.8, 4) is 5.75 Å². The fourth-order valence-electron chi connectivity index (χ4n) is 3.89. The largest absolute Gasteiger partial charge is 0.490 e. The predicted octanol–water partition coefficient (Wildman–Crippen LogP) is 1.94. The molecule has 3 amide bonds. The van der Waals surface area contributed by atoms with Gasteiger partial charge < -0.3 is 14.4 Å². The van der Waals surface area contributed by atoms with Crippen LogP contribution in [0.5, 0.6) is 5.75 Å². The van der Waals surface area contributed by atoms with Crippen LogP contribution in [0.4, 0.5) is 9.18 Å². The first-order valence-corrected chi connectivity index (χ1v) is 13.0. The van der Waals surface area contributed by atoms with E-state index in [2.05, 4.69) is 10.0 Å². The van der Waals surface area contributed by atoms with E-state index in [1.807, 2.05) is 0 Å². The molecular weight excluding hydrogens is 453 g/mol. The van der Waals surface area contributed by atoms with E-state index in [4.69, 9.17) is 9.47 Å². The fraction of sp³-hybridized carbons (Fsp3) is 0.636. The lowest BCUT2D eigenvalue weighted by Crippen LogP contribution is -2.43. The summed E-state index contributed by atoms with van der Waals surface area (Å²) in [5, 5.41) is 2.21. The summed E-state index contributed by atoms with van der Waals surface area (Å²) < 4.78 is 53.4. The third-order valence-electron chi connectivity index (χ3n) is 6.14. The zero-order chi connectivity index (χ0) is 23.4. The normalized spacial score (nSPS) is 20.0. The number of hydrogen-bond acceptors (Lipinski definition) is 6. The Morgan fingerprint density at radius 3 is 2.64 bits per heavy atom. The van der Waals surface area contributed by atoms with E-state index in [-0.39, 0.29) is 29.9 Å². The number of carbonyl (C=O) groups excluding carboxylic acids is 2. The summed E-state index contributed by atoms with van der Waals surface area (Å²) in [4.78, 5) is 24.1. The van der Waals surface area contributed by atoms with E-state index >= 15 is 0 Å². The SMILES string of the molecule is O=C1CN(CCCCCS(=O)(=O)N[C@@H](c2ccc(F)c(OCC3CC3)c2)C2COC2)C(=O)N1. The first-order valence-electron chi connectivity index (χ1n) is 11.4. The molecule has 1 aromatic carbocycles. The zero-order valence-electron chi connectivity index (χ0n) is 18.4. The zero-order valence-corrected chi connectivity index (χ0v) is 19.2. The van der Waals surface area contributed by atoms with E-state index in [0.717, 1.165) is 12.8 Å². The smallest absolute Gasteiger partial charge is 0.324 e. The molecule has 1 aromatic rings. The Morgan fingerprint density at radius 2 is 2.00 bits per heavy atom. The second-order valence-corrected chi connectivity index (χ2v) is 10.9. The topological polar surface area (TPSA) is 114 Å². The van der Waals surface area contributed by atoms with Crippen LogP contribution in [-0.2, 0) is 19.6 Å². The van der Waals surface area contributed by atoms with Crippen LogP contribution in [0, 0.1) is 17.7 Å². The van der Waals surface area contributed by atoms with Crippen LogP contribution in [0.1, 0.15) is 43.7 Å². The summed E-state index contributed by atoms with van der Waals surface area (Å²) in [5.74, 6) is -0.253. The minimum atomic E-state index is -3.60. The number of imide groups is 1. The van der Waals surface area contributed by atoms with Gasteiger partial charge in [-0.1, -0.05) is 12.5 Å². The maximum absolute atomic E-state index is 14.2. The molecule has 0 aromatic heterocycles. The van der Waals surface area contributed by atoms with Gasteiger partial charge in [-0.15, -0.1) is 0 Å². The first-order chi connectivity index (χ1) is 15.8. The lowest BCUT2D eigenvalue weighted by atomic mass is 9.92. The molecule has 1 aliphatic carbocycles. The molecule has 2 N–H and O–H groups in total. The Morgan fingerprint density at radius 1 is 1.21 bits per heavy atom. The molecule has 4 rings (SSSR count). The average Bonchev–Trinajstić information content (AvgIpc) is 3.49. The lowest BCUT2D eigenvalue weighted by molar-refractivity contribution is -0.118. The van der Waals surface area contributed by atoms with Crippen molar-refractivity contribution in [1.82, 2.24) is 14.9 Å². The fourth-order valence-corrected chi connectivity index (χ4v) is 5.30. The number of carbonyl (C=O) groups is 2. The molecule has 2 heterocycles. The molecule has 9 nitrogen and oxygen atoms in total. The van der Waals surface area contributed by atoms with Crippen LogP contribution in [0.15, 0.2) is 18.2 Å². The molecule has 182 valence electrons. The van der Waals surface area contributed by atoms with Crippen molar-refractivity contribution in [2.75, 3.05) is 38.7 Å². The molecule has 1 saturated carbocycles. The van der Waals surface area contributed by atoms with Gasteiger partial charge in [0.05, 0.1) is 31.6 Å². The molecule has 0 unspecified atom stereocenters. The minimum Gasteiger partial charge on any atom is -0.490 e. The van der Waals surface area contributed by atoms with Gasteiger partial charge in [0.1, 0.15) is 6.54 Å². The van der Waals surface area contributed by atoms with Gasteiger partial charge in [-0.3, -0.25) is 10.1 Å². The first kappa shape index (κ1) is 23.9. The number of nitrogens with zero attached hydrogens (tertiary/aromatic N) is 1. The predicted molar refractivity (Wildman–Crippen MR) is 118 cm³/mol. The summed E-state index contributed by atoms with van der Waals surface area (Å²) in [5.41, 5.74) is 0.656. The van der Waals surface area contributed by atoms with Crippen LogP contribution < -0.4 is 14.8 Å². The van der Waals surface area contributed by atoms with Crippen LogP contribution in [0.3, 0.4) is 0 Å². The van der Waals surface area contributed by atoms with Crippen molar-refractivity contribution in [1.29, 1.82) is 0 Å². The summed E-state index contributed by atoms with van der Waals surface area (Å²) in [6, 6.07) is 3.57. The molecule has 11 heteroatoms. The van der Waals surface area contributed by atoms with E-state index in [0.29, 0.717) is 57.1 Å². The molecule has 2 saturated heterocycles. The van der Waals surface area contributed by atoms with E-state index in [1.54, 1.807) is 12.1 Å². The van der Waals surface area contributed by atoms with Crippen molar-refractivity contribution >= 4 is 22.0 Å². The standard InChI is InChI=1S/C22H30FN3O6S/c23-18-7-6-16(10-19(18)32-12-15-4-5-15)21(17-13-31-14-17)25-33(29,30)9-3-1-2-8-26-11-20(27)24-22(26)28/h6-7,10,15,17,21,25H,1-5,8-9,11-14H2,(H,24,27,28)/t21-/m0/s1. The van der Waals surface area contributed by atoms with Gasteiger partial charge in [0, 0.05) is 12.5 Å². The third-order valence-corrected chi connectivity index (χ3v) is 7.58. The summed E-state index contributed by atoms with van der Waals surface area (Å²) in [7, 11) is -3.60. The summed E-state index contributed by atoms with van der Waals surface area (Å²) >= 11 is 0. The third kappa shape index (κ3) is 6.64. The van der Waals surface area contributed by atoms with Gasteiger partial charge in [-0.05, 0) is 49.3 Å². The monoisotopic (exact) mass is 483 g/mol. The van der Waals surface area contributed by atoms with Gasteiger partial charge >= 0.3 is 6.03 Å². The minimum absolute atomic E-state index is 0.0345. The van der Waals surface area contributed by atoms with E-state index in [1.165, 1.54) is 11.0 Å². The van der Waals surface area contributed by atoms with Crippen molar-refractivity contribution in [2.24, 2.45) is 11.8 Å². The van der Waals surface area contributed by atoms with Crippen LogP contribution in [-0.4, -0.2) is 63.9 Å². The highest BCUT2D eigenvalue weighted by atomic mass is 32.2. The molecule has 2 aliphatic heterocycles. The number of benzene rings is 1. The highest BCUT2D eigenvalue weighted by Gasteiger charge is 2.33. The molecule has 0 radical (unpaired) electrons. The maximum Gasteiger partial charge on any atom is 0.324 e. The number of rotatable bonds is 13. The highest BCUT2D eigenvalue weighted by Crippen LogP contribution is 2.34. The second-order valence-electron chi connectivity index (χ2n) is 8.99. The van der Waals surface area contributed by atoms with Crippen LogP contribution in [0.2, 0.25) is 0 Å². The average molecular weight is 484 g/mol. The van der Waals surface area contributed by atoms with Crippen LogP contribution in [0.25, 0.3) is 0 Å². The van der Waals surface area contributed by atoms with Crippen molar-refractivity contribution in [3.05, 3.63) is 29.6 Å². The lowest BCUT2D eigenvalue weighted by Gasteiger charge is -2.34. The summed E-state index contributed by atoms with van der Waals surface area (Å²) in [6.45, 7) is 1.79. The quantitative estimate of drug-likeness (QED) is 0.327. The molecule has 3 fully saturated rings.